The molecule has 110 valence electrons. The van der Waals surface area contributed by atoms with Crippen molar-refractivity contribution < 1.29 is 19.8 Å². The Morgan fingerprint density at radius 2 is 2.19 bits per heavy atom. The van der Waals surface area contributed by atoms with Crippen molar-refractivity contribution in [2.24, 2.45) is 0 Å². The number of β-amino-alcohol motifs (C(OH)–C–C–N with tert-alkyl or cyclic N) is 1. The number of hydrogen-bond acceptors (Lipinski definition) is 4. The van der Waals surface area contributed by atoms with Gasteiger partial charge >= 0.3 is 12.0 Å². The highest BCUT2D eigenvalue weighted by atomic mass is 35.5. The molecule has 8 heteroatoms. The fourth-order valence-electron chi connectivity index (χ4n) is 2.15. The highest BCUT2D eigenvalue weighted by Crippen LogP contribution is 2.25. The molecule has 1 heterocycles. The number of carbonyl (C=O) groups is 2. The summed E-state index contributed by atoms with van der Waals surface area (Å²) in [4.78, 5) is 24.2. The van der Waals surface area contributed by atoms with E-state index in [0.29, 0.717) is 5.56 Å². The molecule has 3 N–H and O–H groups in total. The lowest BCUT2D eigenvalue weighted by Crippen LogP contribution is -2.43. The zero-order valence-corrected chi connectivity index (χ0v) is 11.5. The summed E-state index contributed by atoms with van der Waals surface area (Å²) < 4.78 is 0. The first-order valence-electron chi connectivity index (χ1n) is 6.10. The quantitative estimate of drug-likeness (QED) is 0.761. The molecule has 1 saturated heterocycles. The number of aliphatic carboxylic acids is 1. The second kappa shape index (κ2) is 5.99. The summed E-state index contributed by atoms with van der Waals surface area (Å²) in [5, 5.41) is 30.1. The molecule has 1 aromatic rings. The van der Waals surface area contributed by atoms with Gasteiger partial charge in [-0.25, -0.2) is 9.59 Å². The number of urea groups is 1. The first-order chi connectivity index (χ1) is 9.92. The van der Waals surface area contributed by atoms with Crippen LogP contribution in [0.2, 0.25) is 5.02 Å². The van der Waals surface area contributed by atoms with Crippen LogP contribution in [-0.4, -0.2) is 45.8 Å². The molecule has 0 aromatic heterocycles. The SMILES string of the molecule is N#Cc1ccc(Cl)c(NC(=O)N2C[C@H](O)C[C@@H]2C(=O)O)c1. The number of carboxylic acids is 1. The van der Waals surface area contributed by atoms with E-state index in [4.69, 9.17) is 22.0 Å². The van der Waals surface area contributed by atoms with Crippen molar-refractivity contribution in [1.82, 2.24) is 4.90 Å². The van der Waals surface area contributed by atoms with Gasteiger partial charge in [0, 0.05) is 13.0 Å². The van der Waals surface area contributed by atoms with Crippen molar-refractivity contribution in [2.75, 3.05) is 11.9 Å². The summed E-state index contributed by atoms with van der Waals surface area (Å²) in [5.41, 5.74) is 0.525. The molecule has 2 atom stereocenters. The zero-order chi connectivity index (χ0) is 15.6. The molecule has 1 aliphatic rings. The molecular formula is C13H12ClN3O4. The van der Waals surface area contributed by atoms with Crippen LogP contribution in [0.15, 0.2) is 18.2 Å². The number of carboxylic acid groups (broad SMARTS) is 1. The van der Waals surface area contributed by atoms with Gasteiger partial charge < -0.3 is 20.4 Å². The van der Waals surface area contributed by atoms with Crippen molar-refractivity contribution in [2.45, 2.75) is 18.6 Å². The molecule has 1 aromatic carbocycles. The van der Waals surface area contributed by atoms with Crippen LogP contribution in [0.25, 0.3) is 0 Å². The second-order valence-corrected chi connectivity index (χ2v) is 5.04. The molecule has 1 aliphatic heterocycles. The second-order valence-electron chi connectivity index (χ2n) is 4.63. The van der Waals surface area contributed by atoms with Gasteiger partial charge in [0.2, 0.25) is 0 Å². The Labute approximate surface area is 125 Å². The Bertz CT molecular complexity index is 628. The maximum Gasteiger partial charge on any atom is 0.326 e. The van der Waals surface area contributed by atoms with Gasteiger partial charge in [0.25, 0.3) is 0 Å². The van der Waals surface area contributed by atoms with Gasteiger partial charge in [-0.1, -0.05) is 11.6 Å². The lowest BCUT2D eigenvalue weighted by atomic mass is 10.2. The van der Waals surface area contributed by atoms with E-state index in [-0.39, 0.29) is 23.7 Å². The molecule has 21 heavy (non-hydrogen) atoms. The average molecular weight is 310 g/mol. The summed E-state index contributed by atoms with van der Waals surface area (Å²) in [5.74, 6) is -1.18. The topological polar surface area (TPSA) is 114 Å². The summed E-state index contributed by atoms with van der Waals surface area (Å²) in [6.45, 7) is -0.0711. The lowest BCUT2D eigenvalue weighted by molar-refractivity contribution is -0.141. The molecule has 2 rings (SSSR count). The van der Waals surface area contributed by atoms with E-state index in [2.05, 4.69) is 5.32 Å². The molecule has 0 bridgehead atoms. The number of aliphatic hydroxyl groups excluding tert-OH is 1. The molecule has 0 unspecified atom stereocenters. The summed E-state index contributed by atoms with van der Waals surface area (Å²) in [6.07, 6.45) is -0.896. The van der Waals surface area contributed by atoms with Crippen molar-refractivity contribution in [3.8, 4) is 6.07 Å². The largest absolute Gasteiger partial charge is 0.480 e. The summed E-state index contributed by atoms with van der Waals surface area (Å²) in [6, 6.07) is 4.49. The minimum Gasteiger partial charge on any atom is -0.480 e. The highest BCUT2D eigenvalue weighted by molar-refractivity contribution is 6.33. The monoisotopic (exact) mass is 309 g/mol. The third kappa shape index (κ3) is 3.24. The first-order valence-corrected chi connectivity index (χ1v) is 6.48. The van der Waals surface area contributed by atoms with Crippen LogP contribution in [0, 0.1) is 11.3 Å². The molecule has 0 aliphatic carbocycles. The zero-order valence-electron chi connectivity index (χ0n) is 10.8. The Morgan fingerprint density at radius 1 is 1.48 bits per heavy atom. The number of hydrogen-bond donors (Lipinski definition) is 3. The van der Waals surface area contributed by atoms with E-state index in [1.165, 1.54) is 18.2 Å². The van der Waals surface area contributed by atoms with Crippen molar-refractivity contribution >= 4 is 29.3 Å². The Hall–Kier alpha value is -2.30. The van der Waals surface area contributed by atoms with E-state index >= 15 is 0 Å². The van der Waals surface area contributed by atoms with Crippen LogP contribution in [-0.2, 0) is 4.79 Å². The van der Waals surface area contributed by atoms with Crippen LogP contribution >= 0.6 is 11.6 Å². The fourth-order valence-corrected chi connectivity index (χ4v) is 2.31. The van der Waals surface area contributed by atoms with Gasteiger partial charge in [-0.2, -0.15) is 5.26 Å². The maximum absolute atomic E-state index is 12.1. The summed E-state index contributed by atoms with van der Waals surface area (Å²) >= 11 is 5.92. The van der Waals surface area contributed by atoms with Crippen molar-refractivity contribution in [1.29, 1.82) is 5.26 Å². The predicted molar refractivity (Wildman–Crippen MR) is 73.9 cm³/mol. The summed E-state index contributed by atoms with van der Waals surface area (Å²) in [7, 11) is 0. The number of halogens is 1. The lowest BCUT2D eigenvalue weighted by Gasteiger charge is -2.21. The van der Waals surface area contributed by atoms with Crippen molar-refractivity contribution in [3.05, 3.63) is 28.8 Å². The number of likely N-dealkylation sites (tertiary alicyclic amines) is 1. The highest BCUT2D eigenvalue weighted by Gasteiger charge is 2.39. The van der Waals surface area contributed by atoms with Gasteiger partial charge in [0.05, 0.1) is 28.4 Å². The fraction of sp³-hybridized carbons (Fsp3) is 0.308. The normalized spacial score (nSPS) is 20.9. The molecule has 0 spiro atoms. The first kappa shape index (κ1) is 15.1. The average Bonchev–Trinajstić information content (AvgIpc) is 2.83. The third-order valence-corrected chi connectivity index (χ3v) is 3.49. The van der Waals surface area contributed by atoms with E-state index in [1.807, 2.05) is 6.07 Å². The Kier molecular flexibility index (Phi) is 4.31. The van der Waals surface area contributed by atoms with Crippen LogP contribution in [0.1, 0.15) is 12.0 Å². The molecule has 2 amide bonds. The van der Waals surface area contributed by atoms with Gasteiger partial charge in [-0.15, -0.1) is 0 Å². The van der Waals surface area contributed by atoms with Crippen LogP contribution in [0.5, 0.6) is 0 Å². The Morgan fingerprint density at radius 3 is 2.81 bits per heavy atom. The maximum atomic E-state index is 12.1. The number of rotatable bonds is 2. The number of carbonyl (C=O) groups excluding carboxylic acids is 1. The van der Waals surface area contributed by atoms with Gasteiger partial charge in [-0.3, -0.25) is 0 Å². The number of nitrogens with one attached hydrogen (secondary N) is 1. The third-order valence-electron chi connectivity index (χ3n) is 3.16. The number of nitrogens with zero attached hydrogens (tertiary/aromatic N) is 2. The number of benzene rings is 1. The van der Waals surface area contributed by atoms with Gasteiger partial charge in [0.15, 0.2) is 0 Å². The van der Waals surface area contributed by atoms with Gasteiger partial charge in [-0.05, 0) is 18.2 Å². The van der Waals surface area contributed by atoms with Crippen molar-refractivity contribution in [3.63, 3.8) is 0 Å². The predicted octanol–water partition coefficient (Wildman–Crippen LogP) is 1.26. The molecular weight excluding hydrogens is 298 g/mol. The number of nitriles is 1. The standard InChI is InChI=1S/C13H12ClN3O4/c14-9-2-1-7(5-15)3-10(9)16-13(21)17-6-8(18)4-11(17)12(19)20/h1-3,8,11,18H,4,6H2,(H,16,21)(H,19,20)/t8-,11-/m1/s1. The minimum atomic E-state index is -1.18. The minimum absolute atomic E-state index is 0.0191. The molecule has 0 radical (unpaired) electrons. The smallest absolute Gasteiger partial charge is 0.326 e. The van der Waals surface area contributed by atoms with Crippen LogP contribution in [0.3, 0.4) is 0 Å². The van der Waals surface area contributed by atoms with Crippen LogP contribution < -0.4 is 5.32 Å². The van der Waals surface area contributed by atoms with Crippen LogP contribution in [0.4, 0.5) is 10.5 Å². The van der Waals surface area contributed by atoms with E-state index < -0.39 is 24.1 Å². The van der Waals surface area contributed by atoms with E-state index in [0.717, 1.165) is 4.90 Å². The number of aliphatic hydroxyl groups is 1. The number of anilines is 1. The molecule has 1 fully saturated rings. The number of amides is 2. The molecule has 7 nitrogen and oxygen atoms in total. The Balaban J connectivity index is 2.18. The van der Waals surface area contributed by atoms with E-state index in [1.54, 1.807) is 0 Å². The van der Waals surface area contributed by atoms with E-state index in [9.17, 15) is 14.7 Å². The molecule has 0 saturated carbocycles. The van der Waals surface area contributed by atoms with Gasteiger partial charge in [0.1, 0.15) is 6.04 Å².